The first-order valence-corrected chi connectivity index (χ1v) is 29.0. The third-order valence-electron chi connectivity index (χ3n) is 9.04. The molecule has 0 saturated carbocycles. The number of rotatable bonds is 12. The largest absolute Gasteiger partial charge is 0.295 e. The van der Waals surface area contributed by atoms with E-state index in [0.29, 0.717) is 42.0 Å². The summed E-state index contributed by atoms with van der Waals surface area (Å²) in [7, 11) is -34.8. The molecule has 33 heteroatoms. The van der Waals surface area contributed by atoms with Crippen molar-refractivity contribution in [1.82, 2.24) is 0 Å². The van der Waals surface area contributed by atoms with E-state index in [4.69, 9.17) is 25.3 Å². The number of halogens is 8. The summed E-state index contributed by atoms with van der Waals surface area (Å²) in [4.78, 5) is -8.17. The number of hydrogen-bond donors (Lipinski definition) is 4. The monoisotopic (exact) mass is 1180 g/mol. The molecule has 0 spiro atoms. The van der Waals surface area contributed by atoms with E-state index in [9.17, 15) is 94.2 Å². The van der Waals surface area contributed by atoms with Crippen LogP contribution in [0.15, 0.2) is 154 Å². The highest BCUT2D eigenvalue weighted by molar-refractivity contribution is 7.93. The number of hydrogen-bond acceptors (Lipinski definition) is 14. The molecule has 0 aromatic heterocycles. The van der Waals surface area contributed by atoms with E-state index in [0.717, 1.165) is 48.5 Å². The lowest BCUT2D eigenvalue weighted by molar-refractivity contribution is 0.418. The van der Waals surface area contributed by atoms with Crippen LogP contribution in [0, 0.1) is 36.0 Å². The van der Waals surface area contributed by atoms with Crippen LogP contribution in [0.1, 0.15) is 27.7 Å². The van der Waals surface area contributed by atoms with Gasteiger partial charge in [-0.25, -0.2) is 56.0 Å². The van der Waals surface area contributed by atoms with Gasteiger partial charge in [0.1, 0.15) is 58.5 Å². The summed E-state index contributed by atoms with van der Waals surface area (Å²) >= 11 is 5.57. The second-order valence-electron chi connectivity index (χ2n) is 14.0. The van der Waals surface area contributed by atoms with E-state index in [-0.39, 0.29) is 23.2 Å². The zero-order chi connectivity index (χ0) is 54.9. The summed E-state index contributed by atoms with van der Waals surface area (Å²) in [5, 5.41) is -0.00430. The summed E-state index contributed by atoms with van der Waals surface area (Å²) in [6.45, 7) is 1.52. The van der Waals surface area contributed by atoms with Crippen LogP contribution in [-0.4, -0.2) is 77.1 Å². The average molecular weight is 1180 g/mol. The molecule has 4 N–H and O–H groups in total. The van der Waals surface area contributed by atoms with E-state index in [2.05, 4.69) is 0 Å². The summed E-state index contributed by atoms with van der Waals surface area (Å²) < 4.78 is 296. The minimum Gasteiger partial charge on any atom is -0.282 e. The van der Waals surface area contributed by atoms with Gasteiger partial charge < -0.3 is 0 Å². The van der Waals surface area contributed by atoms with Crippen LogP contribution in [0.4, 0.5) is 30.7 Å². The van der Waals surface area contributed by atoms with Gasteiger partial charge in [-0.3, -0.25) is 18.2 Å². The lowest BCUT2D eigenvalue weighted by atomic mass is 10.2. The summed E-state index contributed by atoms with van der Waals surface area (Å²) in [6, 6.07) is 13.6. The minimum atomic E-state index is -5.35. The Bertz CT molecular complexity index is 3940. The highest BCUT2D eigenvalue weighted by Gasteiger charge is 2.37. The molecule has 2 atom stereocenters. The van der Waals surface area contributed by atoms with E-state index >= 15 is 0 Å². The molecule has 0 aliphatic carbocycles. The fourth-order valence-corrected chi connectivity index (χ4v) is 13.5. The maximum Gasteiger partial charge on any atom is 0.295 e. The van der Waals surface area contributed by atoms with E-state index in [1.807, 2.05) is 0 Å². The van der Waals surface area contributed by atoms with Crippen molar-refractivity contribution in [3.8, 4) is 0 Å². The van der Waals surface area contributed by atoms with Crippen LogP contribution < -0.4 is 0 Å². The van der Waals surface area contributed by atoms with Crippen LogP contribution >= 0.6 is 11.6 Å². The molecule has 0 radical (unpaired) electrons. The van der Waals surface area contributed by atoms with Gasteiger partial charge in [0.05, 0.1) is 9.79 Å². The van der Waals surface area contributed by atoms with Gasteiger partial charge in [-0.2, -0.15) is 33.7 Å². The average Bonchev–Trinajstić information content (AvgIpc) is 3.24. The molecule has 18 nitrogen and oxygen atoms in total. The van der Waals surface area contributed by atoms with Gasteiger partial charge in [-0.1, -0.05) is 41.9 Å². The van der Waals surface area contributed by atoms with Gasteiger partial charge in [-0.15, -0.1) is 0 Å². The molecule has 0 heterocycles. The highest BCUT2D eigenvalue weighted by Crippen LogP contribution is 2.38. The molecule has 0 fully saturated rings. The lowest BCUT2D eigenvalue weighted by Gasteiger charge is -2.14. The third kappa shape index (κ3) is 13.6. The normalized spacial score (nSPS) is 13.5. The Hall–Kier alpha value is -5.39. The Morgan fingerprint density at radius 3 is 1.25 bits per heavy atom. The van der Waals surface area contributed by atoms with Gasteiger partial charge in [0.15, 0.2) is 0 Å². The van der Waals surface area contributed by atoms with Crippen LogP contribution in [-0.2, 0) is 70.0 Å². The predicted molar refractivity (Wildman–Crippen MR) is 235 cm³/mol. The molecule has 6 aromatic rings. The second kappa shape index (κ2) is 21.6. The molecule has 6 aromatic carbocycles. The number of sulfone groups is 3. The van der Waals surface area contributed by atoms with Crippen molar-refractivity contribution in [1.29, 1.82) is 0 Å². The SMILES string of the molecule is Cc1ccc(S(=O)(=O)c2ccc(Cl)cc2F)c(S(=O)(=O)O)c1.O=S(=O)(O)c1ccc(C(F)S(=O)(=O)c2ccc(F)cc2F)c(S(=O)(=O)O)c1.O=S(=O)(O)c1ccccc1C(F)S(=O)(=O)c1ccc(F)cc1F. The van der Waals surface area contributed by atoms with Crippen molar-refractivity contribution in [2.75, 3.05) is 0 Å². The molecule has 0 aliphatic rings. The molecule has 2 unspecified atom stereocenters. The number of benzene rings is 6. The molecule has 0 saturated heterocycles. The Labute approximate surface area is 410 Å². The smallest absolute Gasteiger partial charge is 0.282 e. The van der Waals surface area contributed by atoms with Crippen LogP contribution in [0.3, 0.4) is 0 Å². The van der Waals surface area contributed by atoms with Crippen LogP contribution in [0.2, 0.25) is 5.02 Å². The second-order valence-corrected chi connectivity index (χ2v) is 25.8. The first-order chi connectivity index (χ1) is 32.7. The molecular formula is C39H28ClF7O18S7. The Balaban J connectivity index is 0.000000236. The van der Waals surface area contributed by atoms with Crippen molar-refractivity contribution in [2.24, 2.45) is 0 Å². The molecular weight excluding hydrogens is 1150 g/mol. The lowest BCUT2D eigenvalue weighted by Crippen LogP contribution is -2.15. The molecule has 390 valence electrons. The summed E-state index contributed by atoms with van der Waals surface area (Å²) in [5.74, 6) is -6.50. The molecule has 0 amide bonds. The highest BCUT2D eigenvalue weighted by atomic mass is 35.5. The topological polar surface area (TPSA) is 320 Å². The van der Waals surface area contributed by atoms with Gasteiger partial charge >= 0.3 is 0 Å². The standard InChI is InChI=1S/C13H10ClFO5S2.C13H9F3O8S3.C13H9F3O5S2/c1-8-2-4-12(13(6-8)22(18,19)20)21(16,17)11-5-3-9(14)7-10(11)15;14-7-1-4-11(10(15)5-7)25(17,18)13(16)9-3-2-8(26(19,20)21)6-12(9)27(22,23)24;14-8-5-6-12(10(15)7-8)22(17,18)13(16)9-3-1-2-4-11(9)23(19,20)21/h2-7H,1H3,(H,18,19,20);1-6,13H,(H,19,20,21)(H,22,23,24);1-7,13H,(H,19,20,21). The summed E-state index contributed by atoms with van der Waals surface area (Å²) in [6.07, 6.45) is 0. The minimum absolute atomic E-state index is 0.00430. The summed E-state index contributed by atoms with van der Waals surface area (Å²) in [5.41, 5.74) is -7.94. The van der Waals surface area contributed by atoms with E-state index in [1.165, 1.54) is 19.1 Å². The Kier molecular flexibility index (Phi) is 17.8. The zero-order valence-electron chi connectivity index (χ0n) is 35.0. The quantitative estimate of drug-likeness (QED) is 0.0526. The number of aryl methyl sites for hydroxylation is 1. The van der Waals surface area contributed by atoms with E-state index in [1.54, 1.807) is 0 Å². The number of alkyl halides is 2. The van der Waals surface area contributed by atoms with Gasteiger partial charge in [0.2, 0.25) is 40.5 Å². The van der Waals surface area contributed by atoms with Gasteiger partial charge in [0.25, 0.3) is 40.5 Å². The van der Waals surface area contributed by atoms with Crippen molar-refractivity contribution >= 4 is 81.6 Å². The van der Waals surface area contributed by atoms with E-state index < -0.39 is 160 Å². The first kappa shape index (κ1) is 59.2. The van der Waals surface area contributed by atoms with Crippen LogP contribution in [0.25, 0.3) is 0 Å². The molecule has 72 heavy (non-hydrogen) atoms. The zero-order valence-corrected chi connectivity index (χ0v) is 41.5. The first-order valence-electron chi connectivity index (χ1n) is 18.3. The molecule has 6 rings (SSSR count). The Morgan fingerprint density at radius 1 is 0.403 bits per heavy atom. The maximum absolute atomic E-state index is 14.7. The van der Waals surface area contributed by atoms with Crippen molar-refractivity contribution in [3.63, 3.8) is 0 Å². The fourth-order valence-electron chi connectivity index (χ4n) is 5.81. The van der Waals surface area contributed by atoms with Gasteiger partial charge in [-0.05, 0) is 85.3 Å². The molecule has 0 aliphatic heterocycles. The Morgan fingerprint density at radius 2 is 0.819 bits per heavy atom. The van der Waals surface area contributed by atoms with Gasteiger partial charge in [0, 0.05) is 28.3 Å². The van der Waals surface area contributed by atoms with Crippen molar-refractivity contribution < 1.29 is 108 Å². The predicted octanol–water partition coefficient (Wildman–Crippen LogP) is 7.42. The van der Waals surface area contributed by atoms with Crippen LogP contribution in [0.5, 0.6) is 0 Å². The van der Waals surface area contributed by atoms with Crippen molar-refractivity contribution in [2.45, 2.75) is 57.1 Å². The molecule has 0 bridgehead atoms. The van der Waals surface area contributed by atoms with Crippen molar-refractivity contribution in [3.05, 3.63) is 166 Å². The maximum atomic E-state index is 14.7. The third-order valence-corrected chi connectivity index (χ3v) is 18.3. The fraction of sp³-hybridized carbons (Fsp3) is 0.0769.